The summed E-state index contributed by atoms with van der Waals surface area (Å²) in [4.78, 5) is 2.52. The first-order valence-corrected chi connectivity index (χ1v) is 6.12. The molecule has 1 aliphatic heterocycles. The Labute approximate surface area is 94.4 Å². The third-order valence-electron chi connectivity index (χ3n) is 3.23. The van der Waals surface area contributed by atoms with Gasteiger partial charge >= 0.3 is 0 Å². The molecule has 86 valence electrons. The van der Waals surface area contributed by atoms with E-state index in [1.54, 1.807) is 0 Å². The van der Waals surface area contributed by atoms with Gasteiger partial charge < -0.3 is 5.32 Å². The van der Waals surface area contributed by atoms with Crippen LogP contribution in [-0.4, -0.2) is 37.1 Å². The van der Waals surface area contributed by atoms with Gasteiger partial charge in [0, 0.05) is 25.6 Å². The van der Waals surface area contributed by atoms with Crippen molar-refractivity contribution < 1.29 is 0 Å². The van der Waals surface area contributed by atoms with Crippen LogP contribution in [0, 0.1) is 18.3 Å². The van der Waals surface area contributed by atoms with E-state index in [0.717, 1.165) is 18.9 Å². The zero-order valence-corrected chi connectivity index (χ0v) is 10.1. The van der Waals surface area contributed by atoms with Crippen LogP contribution < -0.4 is 5.32 Å². The van der Waals surface area contributed by atoms with Gasteiger partial charge in [0.25, 0.3) is 0 Å². The minimum absolute atomic E-state index is 0.619. The van der Waals surface area contributed by atoms with Crippen molar-refractivity contribution in [1.29, 1.82) is 0 Å². The first kappa shape index (κ1) is 12.5. The summed E-state index contributed by atoms with van der Waals surface area (Å²) in [5.74, 6) is 3.60. The molecule has 0 aromatic heterocycles. The van der Waals surface area contributed by atoms with Gasteiger partial charge in [-0.2, -0.15) is 0 Å². The topological polar surface area (TPSA) is 15.3 Å². The molecule has 2 heteroatoms. The fourth-order valence-corrected chi connectivity index (χ4v) is 2.16. The number of nitrogens with one attached hydrogen (secondary N) is 1. The van der Waals surface area contributed by atoms with E-state index in [9.17, 15) is 0 Å². The van der Waals surface area contributed by atoms with E-state index in [0.29, 0.717) is 6.04 Å². The summed E-state index contributed by atoms with van der Waals surface area (Å²) in [6, 6.07) is 0.619. The highest BCUT2D eigenvalue weighted by atomic mass is 15.1. The van der Waals surface area contributed by atoms with Gasteiger partial charge in [0.05, 0.1) is 0 Å². The fraction of sp³-hybridized carbons (Fsp3) is 0.846. The van der Waals surface area contributed by atoms with Crippen molar-refractivity contribution in [3.05, 3.63) is 0 Å². The van der Waals surface area contributed by atoms with Crippen LogP contribution in [0.25, 0.3) is 0 Å². The maximum Gasteiger partial charge on any atom is 0.0214 e. The number of hydrogen-bond donors (Lipinski definition) is 1. The van der Waals surface area contributed by atoms with Gasteiger partial charge in [-0.3, -0.25) is 4.90 Å². The number of hydrogen-bond acceptors (Lipinski definition) is 2. The van der Waals surface area contributed by atoms with Gasteiger partial charge in [0.2, 0.25) is 0 Å². The standard InChI is InChI=1S/C13H24N2/c1-4-5-10-15(12(2)3)11-13-6-8-14-9-7-13/h1,12-14H,5-11H2,2-3H3. The van der Waals surface area contributed by atoms with E-state index in [2.05, 4.69) is 30.0 Å². The van der Waals surface area contributed by atoms with Crippen LogP contribution in [0.5, 0.6) is 0 Å². The van der Waals surface area contributed by atoms with Gasteiger partial charge in [-0.1, -0.05) is 0 Å². The van der Waals surface area contributed by atoms with Crippen molar-refractivity contribution >= 4 is 0 Å². The number of nitrogens with zero attached hydrogens (tertiary/aromatic N) is 1. The van der Waals surface area contributed by atoms with Crippen LogP contribution in [-0.2, 0) is 0 Å². The highest BCUT2D eigenvalue weighted by Crippen LogP contribution is 2.15. The predicted molar refractivity (Wildman–Crippen MR) is 65.8 cm³/mol. The minimum atomic E-state index is 0.619. The molecule has 0 aliphatic carbocycles. The third-order valence-corrected chi connectivity index (χ3v) is 3.23. The van der Waals surface area contributed by atoms with E-state index < -0.39 is 0 Å². The van der Waals surface area contributed by atoms with Crippen LogP contribution in [0.1, 0.15) is 33.1 Å². The van der Waals surface area contributed by atoms with E-state index in [-0.39, 0.29) is 0 Å². The molecule has 0 bridgehead atoms. The molecule has 0 amide bonds. The number of terminal acetylenes is 1. The van der Waals surface area contributed by atoms with E-state index >= 15 is 0 Å². The lowest BCUT2D eigenvalue weighted by Gasteiger charge is -2.32. The molecule has 0 unspecified atom stereocenters. The zero-order chi connectivity index (χ0) is 11.1. The van der Waals surface area contributed by atoms with Crippen LogP contribution >= 0.6 is 0 Å². The Hall–Kier alpha value is -0.520. The Morgan fingerprint density at radius 2 is 2.07 bits per heavy atom. The van der Waals surface area contributed by atoms with Gasteiger partial charge in [0.1, 0.15) is 0 Å². The van der Waals surface area contributed by atoms with E-state index in [1.807, 2.05) is 0 Å². The van der Waals surface area contributed by atoms with Crippen LogP contribution in [0.4, 0.5) is 0 Å². The Kier molecular flexibility index (Phi) is 5.75. The number of rotatable bonds is 5. The van der Waals surface area contributed by atoms with Crippen LogP contribution in [0.2, 0.25) is 0 Å². The second kappa shape index (κ2) is 6.87. The molecule has 0 spiro atoms. The van der Waals surface area contributed by atoms with Gasteiger partial charge in [0.15, 0.2) is 0 Å². The summed E-state index contributed by atoms with van der Waals surface area (Å²) in [6.07, 6.45) is 8.84. The lowest BCUT2D eigenvalue weighted by Crippen LogP contribution is -2.39. The van der Waals surface area contributed by atoms with Crippen LogP contribution in [0.3, 0.4) is 0 Å². The van der Waals surface area contributed by atoms with Crippen molar-refractivity contribution in [2.75, 3.05) is 26.2 Å². The average molecular weight is 208 g/mol. The van der Waals surface area contributed by atoms with Crippen molar-refractivity contribution in [3.63, 3.8) is 0 Å². The molecular weight excluding hydrogens is 184 g/mol. The molecule has 0 aromatic rings. The molecule has 1 saturated heterocycles. The molecule has 0 atom stereocenters. The fourth-order valence-electron chi connectivity index (χ4n) is 2.16. The molecule has 0 saturated carbocycles. The average Bonchev–Trinajstić information content (AvgIpc) is 2.25. The quantitative estimate of drug-likeness (QED) is 0.692. The summed E-state index contributed by atoms with van der Waals surface area (Å²) in [7, 11) is 0. The van der Waals surface area contributed by atoms with Crippen molar-refractivity contribution in [2.45, 2.75) is 39.2 Å². The molecule has 1 N–H and O–H groups in total. The minimum Gasteiger partial charge on any atom is -0.317 e. The molecule has 2 nitrogen and oxygen atoms in total. The summed E-state index contributed by atoms with van der Waals surface area (Å²) >= 11 is 0. The summed E-state index contributed by atoms with van der Waals surface area (Å²) in [6.45, 7) is 9.17. The maximum absolute atomic E-state index is 5.32. The second-order valence-electron chi connectivity index (χ2n) is 4.74. The van der Waals surface area contributed by atoms with E-state index in [1.165, 1.54) is 32.5 Å². The highest BCUT2D eigenvalue weighted by molar-refractivity contribution is 4.86. The first-order chi connectivity index (χ1) is 7.24. The predicted octanol–water partition coefficient (Wildman–Crippen LogP) is 1.72. The monoisotopic (exact) mass is 208 g/mol. The summed E-state index contributed by atoms with van der Waals surface area (Å²) < 4.78 is 0. The lowest BCUT2D eigenvalue weighted by atomic mass is 9.97. The summed E-state index contributed by atoms with van der Waals surface area (Å²) in [5, 5.41) is 3.41. The lowest BCUT2D eigenvalue weighted by molar-refractivity contribution is 0.173. The van der Waals surface area contributed by atoms with Gasteiger partial charge in [-0.25, -0.2) is 0 Å². The molecule has 0 radical (unpaired) electrons. The number of piperidine rings is 1. The molecule has 15 heavy (non-hydrogen) atoms. The Balaban J connectivity index is 2.32. The van der Waals surface area contributed by atoms with Crippen molar-refractivity contribution in [3.8, 4) is 12.3 Å². The SMILES string of the molecule is C#CCCN(CC1CCNCC1)C(C)C. The van der Waals surface area contributed by atoms with Gasteiger partial charge in [-0.15, -0.1) is 12.3 Å². The van der Waals surface area contributed by atoms with E-state index in [4.69, 9.17) is 6.42 Å². The first-order valence-electron chi connectivity index (χ1n) is 6.12. The normalized spacial score (nSPS) is 18.3. The third kappa shape index (κ3) is 4.68. The smallest absolute Gasteiger partial charge is 0.0214 e. The Bertz CT molecular complexity index is 199. The Morgan fingerprint density at radius 3 is 2.60 bits per heavy atom. The van der Waals surface area contributed by atoms with Crippen molar-refractivity contribution in [2.24, 2.45) is 5.92 Å². The molecule has 1 fully saturated rings. The van der Waals surface area contributed by atoms with Crippen molar-refractivity contribution in [1.82, 2.24) is 10.2 Å². The largest absolute Gasteiger partial charge is 0.317 e. The molecular formula is C13H24N2. The van der Waals surface area contributed by atoms with Gasteiger partial charge in [-0.05, 0) is 45.7 Å². The second-order valence-corrected chi connectivity index (χ2v) is 4.74. The Morgan fingerprint density at radius 1 is 1.40 bits per heavy atom. The molecule has 1 rings (SSSR count). The molecule has 0 aromatic carbocycles. The molecule has 1 aliphatic rings. The maximum atomic E-state index is 5.32. The highest BCUT2D eigenvalue weighted by Gasteiger charge is 2.18. The summed E-state index contributed by atoms with van der Waals surface area (Å²) in [5.41, 5.74) is 0. The molecule has 1 heterocycles. The van der Waals surface area contributed by atoms with Crippen LogP contribution in [0.15, 0.2) is 0 Å². The zero-order valence-electron chi connectivity index (χ0n) is 10.1.